The number of fused-ring (bicyclic) bond motifs is 20. The van der Waals surface area contributed by atoms with E-state index in [1.54, 1.807) is 24.3 Å². The number of benzene rings is 5. The fourth-order valence-electron chi connectivity index (χ4n) is 9.90. The maximum atomic E-state index is 13.6. The van der Waals surface area contributed by atoms with E-state index in [-0.39, 0.29) is 55.9 Å². The number of aryl methyl sites for hydroxylation is 2. The number of amides is 2. The van der Waals surface area contributed by atoms with E-state index in [0.717, 1.165) is 86.5 Å². The zero-order valence-electron chi connectivity index (χ0n) is 41.0. The van der Waals surface area contributed by atoms with E-state index in [2.05, 4.69) is 10.6 Å². The van der Waals surface area contributed by atoms with Crippen LogP contribution in [-0.2, 0) is 75.3 Å². The standard InChI is InChI=1S/C33H35NO6.C26H29NO6/c35-30-19-16-23-14-17-27(18-15-23)39-28-13-7-10-25(20-28)21-29(32(36)38-22-24-8-3-1-4-9-24)40-33(37)31(34-30)26-11-5-2-6-12-26;28-23-14-11-17-9-12-20(13-10-17)32-21-8-4-5-18(15-21)16-22(25(29)30)33-26(31)24(27-23)19-6-2-1-3-7-19/h1,3-4,7-10,13-15,17-18,20,26,29,31H,2,5-6,11-12,16,19,21-22H2,(H,34,35);4-5,8-10,12-13,15,19,22,24H,1-3,6-7,11,14,16H2,(H,27,28)(H,29,30). The first-order valence-electron chi connectivity index (χ1n) is 25.7. The van der Waals surface area contributed by atoms with Crippen LogP contribution in [0.1, 0.15) is 105 Å². The van der Waals surface area contributed by atoms with Crippen molar-refractivity contribution in [2.45, 2.75) is 134 Å². The highest BCUT2D eigenvalue weighted by Gasteiger charge is 2.37. The third-order valence-electron chi connectivity index (χ3n) is 13.9. The van der Waals surface area contributed by atoms with Gasteiger partial charge in [-0.25, -0.2) is 19.2 Å². The van der Waals surface area contributed by atoms with Crippen molar-refractivity contribution in [1.29, 1.82) is 0 Å². The molecule has 73 heavy (non-hydrogen) atoms. The topological polar surface area (TPSA) is 193 Å². The van der Waals surface area contributed by atoms with Crippen LogP contribution >= 0.6 is 0 Å². The monoisotopic (exact) mass is 992 g/mol. The molecule has 2 saturated carbocycles. The fraction of sp³-hybridized carbons (Fsp3) is 0.390. The Labute approximate surface area is 426 Å². The molecule has 0 aromatic heterocycles. The van der Waals surface area contributed by atoms with Gasteiger partial charge >= 0.3 is 23.9 Å². The number of aliphatic carboxylic acids is 1. The molecule has 4 unspecified atom stereocenters. The van der Waals surface area contributed by atoms with Crippen LogP contribution in [0.4, 0.5) is 0 Å². The zero-order valence-corrected chi connectivity index (χ0v) is 41.0. The lowest BCUT2D eigenvalue weighted by Crippen LogP contribution is -2.49. The summed E-state index contributed by atoms with van der Waals surface area (Å²) in [5.41, 5.74) is 4.25. The van der Waals surface area contributed by atoms with Gasteiger partial charge in [0.05, 0.1) is 0 Å². The maximum absolute atomic E-state index is 13.6. The minimum absolute atomic E-state index is 0.00252. The summed E-state index contributed by atoms with van der Waals surface area (Å²) in [7, 11) is 0. The molecule has 0 saturated heterocycles. The van der Waals surface area contributed by atoms with Crippen LogP contribution in [0.2, 0.25) is 0 Å². The van der Waals surface area contributed by atoms with E-state index in [4.69, 9.17) is 23.7 Å². The van der Waals surface area contributed by atoms with Gasteiger partial charge in [-0.3, -0.25) is 9.59 Å². The SMILES string of the molecule is O=C1CCc2ccc(cc2)Oc2cccc(c2)CC(C(=O)O)OC(=O)C(C2CCCCC2)N1.O=C1CCc2ccc(cc2)Oc2cccc(c2)CC(C(=O)OCc2ccccc2)OC(=O)C(C2CCCCC2)N1. The highest BCUT2D eigenvalue weighted by molar-refractivity contribution is 5.88. The highest BCUT2D eigenvalue weighted by Crippen LogP contribution is 2.31. The van der Waals surface area contributed by atoms with Crippen molar-refractivity contribution in [1.82, 2.24) is 10.6 Å². The molecule has 5 aromatic carbocycles. The molecule has 4 heterocycles. The summed E-state index contributed by atoms with van der Waals surface area (Å²) >= 11 is 0. The normalized spacial score (nSPS) is 21.4. The quantitative estimate of drug-likeness (QED) is 0.108. The molecule has 0 spiro atoms. The molecule has 6 aliphatic rings. The van der Waals surface area contributed by atoms with Crippen molar-refractivity contribution in [2.24, 2.45) is 11.8 Å². The molecule has 14 heteroatoms. The highest BCUT2D eigenvalue weighted by atomic mass is 16.6. The van der Waals surface area contributed by atoms with Gasteiger partial charge in [0.1, 0.15) is 41.7 Å². The van der Waals surface area contributed by atoms with E-state index in [0.29, 0.717) is 41.4 Å². The number of hydrogen-bond acceptors (Lipinski definition) is 11. The summed E-state index contributed by atoms with van der Waals surface area (Å²) < 4.78 is 28.9. The molecule has 2 fully saturated rings. The van der Waals surface area contributed by atoms with Crippen LogP contribution in [0.25, 0.3) is 0 Å². The van der Waals surface area contributed by atoms with E-state index in [9.17, 15) is 33.9 Å². The van der Waals surface area contributed by atoms with Crippen molar-refractivity contribution in [3.05, 3.63) is 155 Å². The average molecular weight is 993 g/mol. The zero-order chi connectivity index (χ0) is 50.9. The van der Waals surface area contributed by atoms with Gasteiger partial charge in [-0.05, 0) is 127 Å². The first kappa shape index (κ1) is 51.9. The average Bonchev–Trinajstić information content (AvgIpc) is 3.41. The number of rotatable bonds is 6. The number of esters is 3. The summed E-state index contributed by atoms with van der Waals surface area (Å²) in [6.45, 7) is 0.0650. The Morgan fingerprint density at radius 3 is 1.41 bits per heavy atom. The molecular weight excluding hydrogens is 929 g/mol. The van der Waals surface area contributed by atoms with E-state index in [1.807, 2.05) is 103 Å². The van der Waals surface area contributed by atoms with Crippen LogP contribution in [0.5, 0.6) is 23.0 Å². The molecule has 11 rings (SSSR count). The molecule has 8 bridgehead atoms. The predicted molar refractivity (Wildman–Crippen MR) is 271 cm³/mol. The molecule has 382 valence electrons. The third-order valence-corrected chi connectivity index (χ3v) is 13.9. The van der Waals surface area contributed by atoms with Gasteiger partial charge in [-0.15, -0.1) is 0 Å². The first-order chi connectivity index (χ1) is 35.5. The van der Waals surface area contributed by atoms with E-state index >= 15 is 0 Å². The Bertz CT molecular complexity index is 2660. The van der Waals surface area contributed by atoms with Gasteiger partial charge in [-0.1, -0.05) is 117 Å². The number of carboxylic acid groups (broad SMARTS) is 1. The van der Waals surface area contributed by atoms with Gasteiger partial charge in [0.25, 0.3) is 0 Å². The third kappa shape index (κ3) is 15.5. The van der Waals surface area contributed by atoms with Crippen LogP contribution in [0, 0.1) is 11.8 Å². The lowest BCUT2D eigenvalue weighted by Gasteiger charge is -2.30. The van der Waals surface area contributed by atoms with E-state index < -0.39 is 48.2 Å². The van der Waals surface area contributed by atoms with Gasteiger partial charge < -0.3 is 39.4 Å². The molecule has 3 N–H and O–H groups in total. The fourth-order valence-corrected chi connectivity index (χ4v) is 9.90. The molecule has 2 amide bonds. The number of ether oxygens (including phenoxy) is 5. The van der Waals surface area contributed by atoms with Crippen molar-refractivity contribution >= 4 is 35.7 Å². The molecule has 0 radical (unpaired) electrons. The second-order valence-corrected chi connectivity index (χ2v) is 19.4. The first-order valence-corrected chi connectivity index (χ1v) is 25.7. The Kier molecular flexibility index (Phi) is 18.3. The Balaban J connectivity index is 0.000000199. The van der Waals surface area contributed by atoms with Crippen molar-refractivity contribution in [3.8, 4) is 23.0 Å². The summed E-state index contributed by atoms with van der Waals surface area (Å²) in [5.74, 6) is -1.20. The number of carbonyl (C=O) groups excluding carboxylic acids is 5. The Morgan fingerprint density at radius 2 is 0.945 bits per heavy atom. The predicted octanol–water partition coefficient (Wildman–Crippen LogP) is 9.72. The maximum Gasteiger partial charge on any atom is 0.348 e. The largest absolute Gasteiger partial charge is 0.478 e. The lowest BCUT2D eigenvalue weighted by atomic mass is 9.83. The number of nitrogens with one attached hydrogen (secondary N) is 2. The summed E-state index contributed by atoms with van der Waals surface area (Å²) in [6.07, 6.45) is 8.49. The van der Waals surface area contributed by atoms with Gasteiger partial charge in [0.15, 0.2) is 0 Å². The van der Waals surface area contributed by atoms with Gasteiger partial charge in [0, 0.05) is 25.7 Å². The van der Waals surface area contributed by atoms with Gasteiger partial charge in [0.2, 0.25) is 24.0 Å². The minimum Gasteiger partial charge on any atom is -0.478 e. The van der Waals surface area contributed by atoms with Crippen molar-refractivity contribution in [2.75, 3.05) is 0 Å². The molecular formula is C59H64N2O12. The lowest BCUT2D eigenvalue weighted by molar-refractivity contribution is -0.171. The van der Waals surface area contributed by atoms with Gasteiger partial charge in [-0.2, -0.15) is 0 Å². The Morgan fingerprint density at radius 1 is 0.493 bits per heavy atom. The number of carbonyl (C=O) groups is 6. The summed E-state index contributed by atoms with van der Waals surface area (Å²) in [4.78, 5) is 77.7. The van der Waals surface area contributed by atoms with Crippen LogP contribution < -0.4 is 20.1 Å². The molecule has 4 atom stereocenters. The number of hydrogen-bond donors (Lipinski definition) is 3. The Hall–Kier alpha value is -7.48. The second-order valence-electron chi connectivity index (χ2n) is 19.4. The smallest absolute Gasteiger partial charge is 0.348 e. The van der Waals surface area contributed by atoms with Crippen molar-refractivity contribution < 1.29 is 57.6 Å². The molecule has 14 nitrogen and oxygen atoms in total. The van der Waals surface area contributed by atoms with Crippen LogP contribution in [0.15, 0.2) is 127 Å². The summed E-state index contributed by atoms with van der Waals surface area (Å²) in [5, 5.41) is 15.5. The molecule has 5 aromatic rings. The number of carboxylic acids is 1. The second kappa shape index (κ2) is 25.8. The minimum atomic E-state index is -1.36. The molecule has 4 aliphatic heterocycles. The molecule has 2 aliphatic carbocycles. The van der Waals surface area contributed by atoms with E-state index in [1.165, 1.54) is 0 Å². The van der Waals surface area contributed by atoms with Crippen LogP contribution in [0.3, 0.4) is 0 Å². The summed E-state index contributed by atoms with van der Waals surface area (Å²) in [6, 6.07) is 37.3. The van der Waals surface area contributed by atoms with Crippen molar-refractivity contribution in [3.63, 3.8) is 0 Å². The van der Waals surface area contributed by atoms with Crippen LogP contribution in [-0.4, -0.2) is 65.1 Å².